The predicted octanol–water partition coefficient (Wildman–Crippen LogP) is 3.63. The molecule has 1 heterocycles. The van der Waals surface area contributed by atoms with Crippen LogP contribution in [-0.2, 0) is 17.8 Å². The van der Waals surface area contributed by atoms with Crippen molar-refractivity contribution < 1.29 is 9.21 Å². The lowest BCUT2D eigenvalue weighted by Gasteiger charge is -2.17. The van der Waals surface area contributed by atoms with Crippen molar-refractivity contribution in [1.29, 1.82) is 0 Å². The standard InChI is InChI=1S/C15H16BrNO2/c1-17(11-12-5-2-3-7-14(12)16)15(18)9-8-13-6-4-10-19-13/h2-7,10H,8-9,11H2,1H3. The summed E-state index contributed by atoms with van der Waals surface area (Å²) in [6.07, 6.45) is 2.74. The molecule has 2 rings (SSSR count). The summed E-state index contributed by atoms with van der Waals surface area (Å²) in [7, 11) is 1.82. The number of benzene rings is 1. The van der Waals surface area contributed by atoms with Crippen LogP contribution in [0.15, 0.2) is 51.6 Å². The highest BCUT2D eigenvalue weighted by atomic mass is 79.9. The van der Waals surface area contributed by atoms with Crippen LogP contribution >= 0.6 is 15.9 Å². The lowest BCUT2D eigenvalue weighted by Crippen LogP contribution is -2.26. The minimum atomic E-state index is 0.118. The van der Waals surface area contributed by atoms with Gasteiger partial charge in [-0.1, -0.05) is 34.1 Å². The molecule has 0 unspecified atom stereocenters. The van der Waals surface area contributed by atoms with Crippen LogP contribution < -0.4 is 0 Å². The topological polar surface area (TPSA) is 33.5 Å². The van der Waals surface area contributed by atoms with Gasteiger partial charge in [0, 0.05) is 30.9 Å². The molecular formula is C15H16BrNO2. The minimum absolute atomic E-state index is 0.118. The van der Waals surface area contributed by atoms with E-state index in [2.05, 4.69) is 15.9 Å². The number of hydrogen-bond donors (Lipinski definition) is 0. The molecule has 3 nitrogen and oxygen atoms in total. The largest absolute Gasteiger partial charge is 0.469 e. The van der Waals surface area contributed by atoms with Crippen LogP contribution in [0.25, 0.3) is 0 Å². The van der Waals surface area contributed by atoms with Crippen molar-refractivity contribution >= 4 is 21.8 Å². The SMILES string of the molecule is CN(Cc1ccccc1Br)C(=O)CCc1ccco1. The van der Waals surface area contributed by atoms with E-state index < -0.39 is 0 Å². The van der Waals surface area contributed by atoms with Crippen molar-refractivity contribution in [3.05, 3.63) is 58.5 Å². The normalized spacial score (nSPS) is 10.4. The van der Waals surface area contributed by atoms with Gasteiger partial charge in [0.05, 0.1) is 6.26 Å². The summed E-state index contributed by atoms with van der Waals surface area (Å²) in [5.74, 6) is 0.967. The second-order valence-corrected chi connectivity index (χ2v) is 5.27. The lowest BCUT2D eigenvalue weighted by molar-refractivity contribution is -0.130. The van der Waals surface area contributed by atoms with Crippen LogP contribution in [0, 0.1) is 0 Å². The Morgan fingerprint density at radius 2 is 2.05 bits per heavy atom. The number of aryl methyl sites for hydroxylation is 1. The summed E-state index contributed by atoms with van der Waals surface area (Å²) >= 11 is 3.49. The number of carbonyl (C=O) groups excluding carboxylic acids is 1. The zero-order valence-corrected chi connectivity index (χ0v) is 12.4. The van der Waals surface area contributed by atoms with Crippen LogP contribution in [0.2, 0.25) is 0 Å². The summed E-state index contributed by atoms with van der Waals surface area (Å²) in [5.41, 5.74) is 1.11. The molecule has 0 aliphatic carbocycles. The Morgan fingerprint density at radius 3 is 2.74 bits per heavy atom. The van der Waals surface area contributed by atoms with E-state index in [9.17, 15) is 4.79 Å². The molecule has 0 aliphatic rings. The molecular weight excluding hydrogens is 306 g/mol. The van der Waals surface area contributed by atoms with E-state index in [1.807, 2.05) is 43.4 Å². The van der Waals surface area contributed by atoms with E-state index in [4.69, 9.17) is 4.42 Å². The van der Waals surface area contributed by atoms with Gasteiger partial charge in [0.15, 0.2) is 0 Å². The van der Waals surface area contributed by atoms with Gasteiger partial charge in [0.2, 0.25) is 5.91 Å². The first-order valence-corrected chi connectivity index (χ1v) is 6.96. The fraction of sp³-hybridized carbons (Fsp3) is 0.267. The van der Waals surface area contributed by atoms with Crippen molar-refractivity contribution in [1.82, 2.24) is 4.90 Å². The van der Waals surface area contributed by atoms with E-state index in [0.29, 0.717) is 19.4 Å². The van der Waals surface area contributed by atoms with E-state index in [1.165, 1.54) is 0 Å². The molecule has 0 spiro atoms. The van der Waals surface area contributed by atoms with Crippen molar-refractivity contribution in [2.24, 2.45) is 0 Å². The van der Waals surface area contributed by atoms with Crippen molar-refractivity contribution in [2.75, 3.05) is 7.05 Å². The van der Waals surface area contributed by atoms with Crippen LogP contribution in [-0.4, -0.2) is 17.9 Å². The first-order chi connectivity index (χ1) is 9.16. The van der Waals surface area contributed by atoms with Gasteiger partial charge in [0.1, 0.15) is 5.76 Å². The van der Waals surface area contributed by atoms with Gasteiger partial charge in [-0.25, -0.2) is 0 Å². The number of furan rings is 1. The van der Waals surface area contributed by atoms with Gasteiger partial charge in [-0.05, 0) is 23.8 Å². The van der Waals surface area contributed by atoms with E-state index in [0.717, 1.165) is 15.8 Å². The van der Waals surface area contributed by atoms with Crippen LogP contribution in [0.3, 0.4) is 0 Å². The Labute approximate surface area is 121 Å². The summed E-state index contributed by atoms with van der Waals surface area (Å²) in [6.45, 7) is 0.610. The molecule has 0 atom stereocenters. The number of amides is 1. The third-order valence-corrected chi connectivity index (χ3v) is 3.73. The molecule has 1 aromatic heterocycles. The van der Waals surface area contributed by atoms with Crippen LogP contribution in [0.1, 0.15) is 17.7 Å². The van der Waals surface area contributed by atoms with Crippen molar-refractivity contribution in [2.45, 2.75) is 19.4 Å². The second-order valence-electron chi connectivity index (χ2n) is 4.42. The van der Waals surface area contributed by atoms with E-state index in [-0.39, 0.29) is 5.91 Å². The first-order valence-electron chi connectivity index (χ1n) is 6.16. The second kappa shape index (κ2) is 6.57. The fourth-order valence-corrected chi connectivity index (χ4v) is 2.26. The Kier molecular flexibility index (Phi) is 4.80. The molecule has 4 heteroatoms. The fourth-order valence-electron chi connectivity index (χ4n) is 1.85. The molecule has 1 aromatic carbocycles. The highest BCUT2D eigenvalue weighted by molar-refractivity contribution is 9.10. The first kappa shape index (κ1) is 13.9. The molecule has 0 aliphatic heterocycles. The molecule has 0 saturated heterocycles. The zero-order chi connectivity index (χ0) is 13.7. The van der Waals surface area contributed by atoms with Gasteiger partial charge in [0.25, 0.3) is 0 Å². The molecule has 0 fully saturated rings. The van der Waals surface area contributed by atoms with Gasteiger partial charge >= 0.3 is 0 Å². The number of halogens is 1. The Bertz CT molecular complexity index is 537. The zero-order valence-electron chi connectivity index (χ0n) is 10.8. The average molecular weight is 322 g/mol. The number of nitrogens with zero attached hydrogens (tertiary/aromatic N) is 1. The number of carbonyl (C=O) groups is 1. The molecule has 0 bridgehead atoms. The predicted molar refractivity (Wildman–Crippen MR) is 77.6 cm³/mol. The van der Waals surface area contributed by atoms with Gasteiger partial charge in [-0.15, -0.1) is 0 Å². The molecule has 0 radical (unpaired) electrons. The smallest absolute Gasteiger partial charge is 0.223 e. The summed E-state index contributed by atoms with van der Waals surface area (Å²) in [5, 5.41) is 0. The molecule has 0 N–H and O–H groups in total. The van der Waals surface area contributed by atoms with Crippen molar-refractivity contribution in [3.63, 3.8) is 0 Å². The minimum Gasteiger partial charge on any atom is -0.469 e. The van der Waals surface area contributed by atoms with Gasteiger partial charge in [-0.2, -0.15) is 0 Å². The Balaban J connectivity index is 1.87. The number of rotatable bonds is 5. The molecule has 0 saturated carbocycles. The van der Waals surface area contributed by atoms with Crippen LogP contribution in [0.4, 0.5) is 0 Å². The van der Waals surface area contributed by atoms with Gasteiger partial charge < -0.3 is 9.32 Å². The molecule has 19 heavy (non-hydrogen) atoms. The highest BCUT2D eigenvalue weighted by Gasteiger charge is 2.11. The van der Waals surface area contributed by atoms with Gasteiger partial charge in [-0.3, -0.25) is 4.79 Å². The quantitative estimate of drug-likeness (QED) is 0.842. The lowest BCUT2D eigenvalue weighted by atomic mass is 10.2. The summed E-state index contributed by atoms with van der Waals surface area (Å²) < 4.78 is 6.25. The highest BCUT2D eigenvalue weighted by Crippen LogP contribution is 2.17. The third-order valence-electron chi connectivity index (χ3n) is 2.96. The Morgan fingerprint density at radius 1 is 1.26 bits per heavy atom. The third kappa shape index (κ3) is 3.96. The van der Waals surface area contributed by atoms with Crippen LogP contribution in [0.5, 0.6) is 0 Å². The average Bonchev–Trinajstić information content (AvgIpc) is 2.91. The molecule has 2 aromatic rings. The maximum absolute atomic E-state index is 12.0. The maximum Gasteiger partial charge on any atom is 0.223 e. The van der Waals surface area contributed by atoms with E-state index >= 15 is 0 Å². The molecule has 1 amide bonds. The summed E-state index contributed by atoms with van der Waals surface area (Å²) in [4.78, 5) is 13.8. The van der Waals surface area contributed by atoms with E-state index in [1.54, 1.807) is 11.2 Å². The number of hydrogen-bond acceptors (Lipinski definition) is 2. The monoisotopic (exact) mass is 321 g/mol. The summed E-state index contributed by atoms with van der Waals surface area (Å²) in [6, 6.07) is 11.7. The van der Waals surface area contributed by atoms with Crippen molar-refractivity contribution in [3.8, 4) is 0 Å². The molecule has 100 valence electrons. The maximum atomic E-state index is 12.0. The Hall–Kier alpha value is -1.55.